The van der Waals surface area contributed by atoms with E-state index in [0.717, 1.165) is 5.56 Å². The van der Waals surface area contributed by atoms with Crippen molar-refractivity contribution in [3.8, 4) is 11.5 Å². The van der Waals surface area contributed by atoms with Gasteiger partial charge in [0.15, 0.2) is 0 Å². The zero-order valence-electron chi connectivity index (χ0n) is 18.5. The number of para-hydroxylation sites is 1. The predicted octanol–water partition coefficient (Wildman–Crippen LogP) is 2.03. The highest BCUT2D eigenvalue weighted by molar-refractivity contribution is 6.02. The second-order valence-electron chi connectivity index (χ2n) is 7.79. The number of hydrogen-bond acceptors (Lipinski definition) is 5. The maximum absolute atomic E-state index is 13.3. The highest BCUT2D eigenvalue weighted by Crippen LogP contribution is 2.36. The maximum Gasteiger partial charge on any atom is 0.322 e. The predicted molar refractivity (Wildman–Crippen MR) is 120 cm³/mol. The monoisotopic (exact) mass is 450 g/mol. The summed E-state index contributed by atoms with van der Waals surface area (Å²) < 4.78 is 10.8. The molecule has 2 N–H and O–H groups in total. The Morgan fingerprint density at radius 1 is 1.12 bits per heavy atom. The smallest absolute Gasteiger partial charge is 0.322 e. The number of nitrogens with one attached hydrogen (secondary N) is 2. The van der Waals surface area contributed by atoms with Crippen LogP contribution >= 0.6 is 0 Å². The Labute approximate surface area is 191 Å². The van der Waals surface area contributed by atoms with E-state index in [1.165, 1.54) is 9.80 Å². The fraction of sp³-hybridized carbons (Fsp3) is 0.292. The number of rotatable bonds is 8. The molecular formula is C24H26N4O5. The molecule has 2 aliphatic rings. The Morgan fingerprint density at radius 3 is 2.64 bits per heavy atom. The van der Waals surface area contributed by atoms with Crippen LogP contribution in [0.5, 0.6) is 11.5 Å². The summed E-state index contributed by atoms with van der Waals surface area (Å²) in [6.07, 6.45) is 0. The van der Waals surface area contributed by atoms with Crippen molar-refractivity contribution < 1.29 is 23.9 Å². The Hall–Kier alpha value is -3.85. The number of benzene rings is 2. The van der Waals surface area contributed by atoms with E-state index in [4.69, 9.17) is 9.47 Å². The summed E-state index contributed by atoms with van der Waals surface area (Å²) in [7, 11) is 3.17. The molecule has 0 spiro atoms. The first-order valence-corrected chi connectivity index (χ1v) is 10.6. The summed E-state index contributed by atoms with van der Waals surface area (Å²) in [6.45, 7) is 0.842. The molecule has 1 atom stereocenters. The van der Waals surface area contributed by atoms with Gasteiger partial charge < -0.3 is 25.0 Å². The van der Waals surface area contributed by atoms with Gasteiger partial charge in [0.25, 0.3) is 5.91 Å². The number of ether oxygens (including phenoxy) is 2. The van der Waals surface area contributed by atoms with Crippen molar-refractivity contribution in [3.63, 3.8) is 0 Å². The molecule has 4 rings (SSSR count). The molecule has 0 saturated heterocycles. The molecule has 9 heteroatoms. The number of carbonyl (C=O) groups excluding carboxylic acids is 3. The molecule has 0 bridgehead atoms. The molecule has 9 nitrogen and oxygen atoms in total. The van der Waals surface area contributed by atoms with Gasteiger partial charge in [0, 0.05) is 20.7 Å². The van der Waals surface area contributed by atoms with E-state index in [1.54, 1.807) is 20.2 Å². The average molecular weight is 450 g/mol. The molecule has 0 aromatic heterocycles. The van der Waals surface area contributed by atoms with Crippen LogP contribution in [0.3, 0.4) is 0 Å². The third-order valence-electron chi connectivity index (χ3n) is 5.57. The molecule has 172 valence electrons. The first-order valence-electron chi connectivity index (χ1n) is 10.6. The lowest BCUT2D eigenvalue weighted by Gasteiger charge is -2.31. The van der Waals surface area contributed by atoms with Crippen LogP contribution in [0.2, 0.25) is 0 Å². The van der Waals surface area contributed by atoms with E-state index >= 15 is 0 Å². The molecule has 2 aromatic rings. The van der Waals surface area contributed by atoms with E-state index < -0.39 is 6.04 Å². The van der Waals surface area contributed by atoms with Gasteiger partial charge >= 0.3 is 6.03 Å². The Balaban J connectivity index is 1.56. The first-order chi connectivity index (χ1) is 16.0. The lowest BCUT2D eigenvalue weighted by atomic mass is 9.95. The van der Waals surface area contributed by atoms with E-state index in [9.17, 15) is 14.4 Å². The largest absolute Gasteiger partial charge is 0.457 e. The topological polar surface area (TPSA) is 100 Å². The van der Waals surface area contributed by atoms with Gasteiger partial charge in [-0.25, -0.2) is 4.79 Å². The number of methoxy groups -OCH3 is 1. The van der Waals surface area contributed by atoms with Crippen LogP contribution in [-0.2, 0) is 14.3 Å². The lowest BCUT2D eigenvalue weighted by Crippen LogP contribution is -2.45. The zero-order chi connectivity index (χ0) is 23.4. The van der Waals surface area contributed by atoms with Gasteiger partial charge in [-0.3, -0.25) is 14.5 Å². The molecule has 2 aromatic carbocycles. The van der Waals surface area contributed by atoms with Crippen molar-refractivity contribution in [3.05, 3.63) is 71.4 Å². The van der Waals surface area contributed by atoms with E-state index in [1.807, 2.05) is 48.5 Å². The van der Waals surface area contributed by atoms with E-state index in [-0.39, 0.29) is 30.9 Å². The third kappa shape index (κ3) is 4.83. The van der Waals surface area contributed by atoms with Crippen molar-refractivity contribution in [2.24, 2.45) is 0 Å². The Morgan fingerprint density at radius 2 is 1.88 bits per heavy atom. The standard InChI is InChI=1S/C24H26N4O5/c1-27-19-14-28(15-20(29)25-11-12-32-2)23(30)21(19)22(26-24(27)31)16-7-6-10-18(13-16)33-17-8-4-3-5-9-17/h3-10,13,22H,11-12,14-15H2,1-2H3,(H,25,29)(H,26,31)/t22-/m0/s1. The fourth-order valence-electron chi connectivity index (χ4n) is 3.91. The molecule has 2 aliphatic heterocycles. The van der Waals surface area contributed by atoms with E-state index in [2.05, 4.69) is 10.6 Å². The summed E-state index contributed by atoms with van der Waals surface area (Å²) >= 11 is 0. The van der Waals surface area contributed by atoms with Crippen LogP contribution < -0.4 is 15.4 Å². The van der Waals surface area contributed by atoms with Crippen LogP contribution in [0.1, 0.15) is 11.6 Å². The summed E-state index contributed by atoms with van der Waals surface area (Å²) in [5, 5.41) is 5.62. The van der Waals surface area contributed by atoms with Crippen LogP contribution in [0.25, 0.3) is 0 Å². The fourth-order valence-corrected chi connectivity index (χ4v) is 3.91. The Kier molecular flexibility index (Phi) is 6.60. The van der Waals surface area contributed by atoms with Gasteiger partial charge in [0.05, 0.1) is 30.5 Å². The van der Waals surface area contributed by atoms with Gasteiger partial charge in [0.1, 0.15) is 18.0 Å². The highest BCUT2D eigenvalue weighted by Gasteiger charge is 2.43. The minimum absolute atomic E-state index is 0.0958. The summed E-state index contributed by atoms with van der Waals surface area (Å²) in [4.78, 5) is 41.0. The number of nitrogens with zero attached hydrogens (tertiary/aromatic N) is 2. The highest BCUT2D eigenvalue weighted by atomic mass is 16.5. The first kappa shape index (κ1) is 22.3. The van der Waals surface area contributed by atoms with Crippen molar-refractivity contribution in [2.75, 3.05) is 40.4 Å². The number of carbonyl (C=O) groups is 3. The normalized spacial score (nSPS) is 17.7. The number of urea groups is 1. The van der Waals surface area contributed by atoms with Crippen molar-refractivity contribution in [1.82, 2.24) is 20.4 Å². The lowest BCUT2D eigenvalue weighted by molar-refractivity contribution is -0.132. The molecule has 0 unspecified atom stereocenters. The Bertz CT molecular complexity index is 1090. The van der Waals surface area contributed by atoms with Gasteiger partial charge in [-0.05, 0) is 29.8 Å². The van der Waals surface area contributed by atoms with Gasteiger partial charge in [-0.1, -0.05) is 30.3 Å². The minimum atomic E-state index is -0.642. The molecule has 2 heterocycles. The molecule has 0 radical (unpaired) electrons. The van der Waals surface area contributed by atoms with Crippen molar-refractivity contribution in [2.45, 2.75) is 6.04 Å². The summed E-state index contributed by atoms with van der Waals surface area (Å²) in [5.74, 6) is 0.716. The van der Waals surface area contributed by atoms with Gasteiger partial charge in [0.2, 0.25) is 5.91 Å². The van der Waals surface area contributed by atoms with Gasteiger partial charge in [-0.2, -0.15) is 0 Å². The van der Waals surface area contributed by atoms with Crippen molar-refractivity contribution >= 4 is 17.8 Å². The molecule has 0 saturated carbocycles. The molecule has 0 fully saturated rings. The molecule has 33 heavy (non-hydrogen) atoms. The van der Waals surface area contributed by atoms with Crippen molar-refractivity contribution in [1.29, 1.82) is 0 Å². The van der Waals surface area contributed by atoms with Crippen LogP contribution in [0.15, 0.2) is 65.9 Å². The number of hydrogen-bond donors (Lipinski definition) is 2. The average Bonchev–Trinajstić information content (AvgIpc) is 3.13. The quantitative estimate of drug-likeness (QED) is 0.600. The molecule has 4 amide bonds. The maximum atomic E-state index is 13.3. The zero-order valence-corrected chi connectivity index (χ0v) is 18.5. The van der Waals surface area contributed by atoms with E-state index in [0.29, 0.717) is 35.9 Å². The third-order valence-corrected chi connectivity index (χ3v) is 5.57. The second kappa shape index (κ2) is 9.74. The number of likely N-dealkylation sites (N-methyl/N-ethyl adjacent to an activating group) is 1. The summed E-state index contributed by atoms with van der Waals surface area (Å²) in [5.41, 5.74) is 1.77. The van der Waals surface area contributed by atoms with Gasteiger partial charge in [-0.15, -0.1) is 0 Å². The molecule has 0 aliphatic carbocycles. The number of amides is 4. The minimum Gasteiger partial charge on any atom is -0.457 e. The van der Waals surface area contributed by atoms with Crippen LogP contribution in [0, 0.1) is 0 Å². The van der Waals surface area contributed by atoms with Crippen LogP contribution in [-0.4, -0.2) is 68.0 Å². The SMILES string of the molecule is COCCNC(=O)CN1CC2=C(C1=O)[C@H](c1cccc(Oc3ccccc3)c1)NC(=O)N2C. The molecular weight excluding hydrogens is 424 g/mol. The van der Waals surface area contributed by atoms with Crippen LogP contribution in [0.4, 0.5) is 4.79 Å². The summed E-state index contributed by atoms with van der Waals surface area (Å²) in [6, 6.07) is 15.7. The second-order valence-corrected chi connectivity index (χ2v) is 7.79.